The molecule has 2 aliphatic rings. The normalized spacial score (nSPS) is 18.0. The van der Waals surface area contributed by atoms with Crippen LogP contribution in [0.15, 0.2) is 42.5 Å². The van der Waals surface area contributed by atoms with Crippen molar-refractivity contribution < 1.29 is 27.5 Å². The first-order chi connectivity index (χ1) is 20.1. The zero-order valence-electron chi connectivity index (χ0n) is 22.3. The molecule has 8 nitrogen and oxygen atoms in total. The van der Waals surface area contributed by atoms with E-state index >= 15 is 4.39 Å². The van der Waals surface area contributed by atoms with Crippen LogP contribution in [0.25, 0.3) is 33.3 Å². The first-order valence-electron chi connectivity index (χ1n) is 13.5. The maximum absolute atomic E-state index is 16.1. The molecule has 4 aromatic rings. The molecule has 1 aliphatic heterocycles. The number of rotatable bonds is 6. The number of nitrogens with two attached hydrogens (primary N) is 1. The summed E-state index contributed by atoms with van der Waals surface area (Å²) in [4.78, 5) is 14.8. The molecule has 6 rings (SSSR count). The summed E-state index contributed by atoms with van der Waals surface area (Å²) in [6.45, 7) is 0.709. The number of carbonyl (C=O) groups is 1. The third-order valence-corrected chi connectivity index (χ3v) is 8.19. The molecule has 0 radical (unpaired) electrons. The molecule has 1 saturated heterocycles. The Kier molecular flexibility index (Phi) is 6.95. The highest BCUT2D eigenvalue weighted by molar-refractivity contribution is 5.99. The highest BCUT2D eigenvalue weighted by Gasteiger charge is 2.37. The van der Waals surface area contributed by atoms with E-state index in [1.165, 1.54) is 36.4 Å². The van der Waals surface area contributed by atoms with Crippen molar-refractivity contribution in [1.29, 1.82) is 5.26 Å². The highest BCUT2D eigenvalue weighted by Crippen LogP contribution is 2.42. The van der Waals surface area contributed by atoms with Crippen molar-refractivity contribution in [3.05, 3.63) is 70.8 Å². The van der Waals surface area contributed by atoms with E-state index in [0.29, 0.717) is 32.4 Å². The van der Waals surface area contributed by atoms with Crippen molar-refractivity contribution in [3.63, 3.8) is 0 Å². The molecular formula is C30H26F4N6O2. The summed E-state index contributed by atoms with van der Waals surface area (Å²) in [6, 6.07) is 11.0. The van der Waals surface area contributed by atoms with Crippen LogP contribution in [0.5, 0.6) is 0 Å². The van der Waals surface area contributed by atoms with Crippen LogP contribution in [-0.4, -0.2) is 55.6 Å². The molecule has 1 atom stereocenters. The third kappa shape index (κ3) is 4.78. The predicted molar refractivity (Wildman–Crippen MR) is 145 cm³/mol. The number of alkyl halides is 2. The fourth-order valence-electron chi connectivity index (χ4n) is 5.76. The number of nitriles is 1. The Morgan fingerprint density at radius 1 is 1.14 bits per heavy atom. The second kappa shape index (κ2) is 10.5. The summed E-state index contributed by atoms with van der Waals surface area (Å²) in [5, 5.41) is 27.7. The molecule has 1 aromatic heterocycles. The smallest absolute Gasteiger partial charge is 0.268 e. The van der Waals surface area contributed by atoms with E-state index in [0.717, 1.165) is 17.2 Å². The van der Waals surface area contributed by atoms with Crippen LogP contribution in [0.4, 0.5) is 17.6 Å². The van der Waals surface area contributed by atoms with Crippen LogP contribution >= 0.6 is 0 Å². The van der Waals surface area contributed by atoms with Crippen LogP contribution in [0.3, 0.4) is 0 Å². The van der Waals surface area contributed by atoms with Gasteiger partial charge in [0.05, 0.1) is 23.3 Å². The monoisotopic (exact) mass is 578 g/mol. The van der Waals surface area contributed by atoms with Gasteiger partial charge in [-0.2, -0.15) is 5.26 Å². The number of nitrogens with zero attached hydrogens (tertiary/aromatic N) is 5. The Morgan fingerprint density at radius 3 is 2.55 bits per heavy atom. The van der Waals surface area contributed by atoms with E-state index < -0.39 is 29.2 Å². The van der Waals surface area contributed by atoms with Crippen LogP contribution in [0.1, 0.15) is 53.6 Å². The average molecular weight is 579 g/mol. The molecule has 3 N–H and O–H groups in total. The summed E-state index contributed by atoms with van der Waals surface area (Å²) >= 11 is 0. The van der Waals surface area contributed by atoms with Gasteiger partial charge in [-0.05, 0) is 72.7 Å². The van der Waals surface area contributed by atoms with E-state index in [1.54, 1.807) is 11.0 Å². The molecule has 12 heteroatoms. The predicted octanol–water partition coefficient (Wildman–Crippen LogP) is 4.94. The lowest BCUT2D eigenvalue weighted by Crippen LogP contribution is -2.41. The van der Waals surface area contributed by atoms with E-state index in [1.807, 2.05) is 0 Å². The molecule has 1 amide bonds. The first kappa shape index (κ1) is 27.8. The molecule has 1 unspecified atom stereocenters. The number of hydrogen-bond donors (Lipinski definition) is 2. The minimum atomic E-state index is -3.24. The molecule has 2 fully saturated rings. The third-order valence-electron chi connectivity index (χ3n) is 8.19. The van der Waals surface area contributed by atoms with Gasteiger partial charge in [0.25, 0.3) is 12.3 Å². The largest absolute Gasteiger partial charge is 0.388 e. The maximum atomic E-state index is 16.1. The second-order valence-corrected chi connectivity index (χ2v) is 11.0. The number of aliphatic hydroxyl groups is 1. The second-order valence-electron chi connectivity index (χ2n) is 11.0. The summed E-state index contributed by atoms with van der Waals surface area (Å²) < 4.78 is 60.9. The Bertz CT molecular complexity index is 1760. The van der Waals surface area contributed by atoms with Crippen LogP contribution in [0.2, 0.25) is 0 Å². The Morgan fingerprint density at radius 2 is 1.93 bits per heavy atom. The highest BCUT2D eigenvalue weighted by atomic mass is 19.3. The van der Waals surface area contributed by atoms with Crippen molar-refractivity contribution >= 4 is 16.9 Å². The van der Waals surface area contributed by atoms with Crippen molar-refractivity contribution in [2.24, 2.45) is 5.73 Å². The lowest BCUT2D eigenvalue weighted by Gasteiger charge is -2.36. The van der Waals surface area contributed by atoms with Gasteiger partial charge in [0.1, 0.15) is 28.7 Å². The van der Waals surface area contributed by atoms with Crippen LogP contribution in [0, 0.1) is 23.0 Å². The van der Waals surface area contributed by atoms with Crippen molar-refractivity contribution in [2.75, 3.05) is 13.1 Å². The number of fused-ring (bicyclic) bond motifs is 1. The van der Waals surface area contributed by atoms with Gasteiger partial charge < -0.3 is 15.7 Å². The lowest BCUT2D eigenvalue weighted by molar-refractivity contribution is -0.0493. The quantitative estimate of drug-likeness (QED) is 0.313. The maximum Gasteiger partial charge on any atom is 0.268 e. The van der Waals surface area contributed by atoms with Gasteiger partial charge in [0, 0.05) is 30.3 Å². The molecule has 0 spiro atoms. The Hall–Kier alpha value is -4.34. The van der Waals surface area contributed by atoms with Crippen LogP contribution in [-0.2, 0) is 6.54 Å². The van der Waals surface area contributed by atoms with Gasteiger partial charge in [-0.1, -0.05) is 17.3 Å². The Balaban J connectivity index is 1.53. The SMILES string of the molecule is N#Cc1ccc(-c2cc(C(=O)N3CCC(N)C3)ccc2-c2cc3nnn(CC4(O)CCC4)c3c(C(F)F)c2F)cc1F. The minimum Gasteiger partial charge on any atom is -0.388 e. The molecule has 1 aliphatic carbocycles. The lowest BCUT2D eigenvalue weighted by atomic mass is 9.80. The van der Waals surface area contributed by atoms with Gasteiger partial charge in [-0.15, -0.1) is 5.10 Å². The summed E-state index contributed by atoms with van der Waals surface area (Å²) in [6.07, 6.45) is -0.880. The first-order valence-corrected chi connectivity index (χ1v) is 13.5. The average Bonchev–Trinajstić information content (AvgIpc) is 3.56. The minimum absolute atomic E-state index is 0.00668. The topological polar surface area (TPSA) is 121 Å². The number of hydrogen-bond acceptors (Lipinski definition) is 6. The van der Waals surface area contributed by atoms with E-state index in [4.69, 9.17) is 5.73 Å². The summed E-state index contributed by atoms with van der Waals surface area (Å²) in [5.41, 5.74) is 3.99. The van der Waals surface area contributed by atoms with Crippen molar-refractivity contribution in [2.45, 2.75) is 50.3 Å². The van der Waals surface area contributed by atoms with E-state index in [9.17, 15) is 28.3 Å². The number of likely N-dealkylation sites (tertiary alicyclic amines) is 1. The molecule has 2 heterocycles. The zero-order valence-corrected chi connectivity index (χ0v) is 22.3. The van der Waals surface area contributed by atoms with Crippen LogP contribution < -0.4 is 5.73 Å². The molecule has 0 bridgehead atoms. The summed E-state index contributed by atoms with van der Waals surface area (Å²) in [7, 11) is 0. The van der Waals surface area contributed by atoms with Crippen molar-refractivity contribution in [1.82, 2.24) is 19.9 Å². The fourth-order valence-corrected chi connectivity index (χ4v) is 5.76. The molecule has 42 heavy (non-hydrogen) atoms. The molecule has 1 saturated carbocycles. The number of benzene rings is 3. The number of amides is 1. The van der Waals surface area contributed by atoms with E-state index in [-0.39, 0.29) is 62.9 Å². The van der Waals surface area contributed by atoms with Gasteiger partial charge in [-0.3, -0.25) is 4.79 Å². The Labute approximate surface area is 238 Å². The zero-order chi connectivity index (χ0) is 29.8. The van der Waals surface area contributed by atoms with Gasteiger partial charge in [-0.25, -0.2) is 22.2 Å². The number of carbonyl (C=O) groups excluding carboxylic acids is 1. The molecule has 3 aromatic carbocycles. The van der Waals surface area contributed by atoms with Gasteiger partial charge in [0.15, 0.2) is 0 Å². The molecular weight excluding hydrogens is 552 g/mol. The van der Waals surface area contributed by atoms with E-state index in [2.05, 4.69) is 10.3 Å². The summed E-state index contributed by atoms with van der Waals surface area (Å²) in [5.74, 6) is -2.38. The molecule has 216 valence electrons. The number of halogens is 4. The number of aromatic nitrogens is 3. The van der Waals surface area contributed by atoms with Gasteiger partial charge >= 0.3 is 0 Å². The fraction of sp³-hybridized carbons (Fsp3) is 0.333. The standard InChI is InChI=1S/C30H26F4N6O2/c31-23-11-16(2-3-18(23)13-35)21-10-17(29(41)39-9-6-19(36)14-39)4-5-20(21)22-12-24-27(25(26(22)32)28(33)34)40(38-37-24)15-30(42)7-1-8-30/h2-5,10-12,19,28,42H,1,6-9,14-15,36H2. The van der Waals surface area contributed by atoms with Crippen molar-refractivity contribution in [3.8, 4) is 28.3 Å². The van der Waals surface area contributed by atoms with Gasteiger partial charge in [0.2, 0.25) is 0 Å².